The monoisotopic (exact) mass is 224 g/mol. The first-order valence-corrected chi connectivity index (χ1v) is 4.97. The number of benzene rings is 1. The Morgan fingerprint density at radius 2 is 1.73 bits per heavy atom. The molecule has 5 heteroatoms. The summed E-state index contributed by atoms with van der Waals surface area (Å²) in [5.74, 6) is 0. The highest BCUT2D eigenvalue weighted by Gasteiger charge is 2.53. The minimum absolute atomic E-state index is 0.228. The molecule has 1 aliphatic heterocycles. The lowest BCUT2D eigenvalue weighted by Gasteiger charge is -2.33. The van der Waals surface area contributed by atoms with Gasteiger partial charge in [0.05, 0.1) is 0 Å². The molecule has 0 radical (unpaired) electrons. The quantitative estimate of drug-likeness (QED) is 0.506. The third kappa shape index (κ3) is 1.49. The van der Waals surface area contributed by atoms with Crippen LogP contribution >= 0.6 is 12.2 Å². The van der Waals surface area contributed by atoms with Gasteiger partial charge in [-0.2, -0.15) is 0 Å². The summed E-state index contributed by atoms with van der Waals surface area (Å²) in [7, 11) is 0. The fourth-order valence-electron chi connectivity index (χ4n) is 1.66. The number of thiocarbonyl (C=S) groups is 1. The SMILES string of the molecule is CC1(O)NC(=S)NC1(O)c1ccccc1. The molecule has 1 aromatic carbocycles. The summed E-state index contributed by atoms with van der Waals surface area (Å²) < 4.78 is 0. The van der Waals surface area contributed by atoms with Crippen LogP contribution in [0.15, 0.2) is 30.3 Å². The van der Waals surface area contributed by atoms with E-state index >= 15 is 0 Å². The topological polar surface area (TPSA) is 64.5 Å². The van der Waals surface area contributed by atoms with E-state index in [2.05, 4.69) is 10.6 Å². The van der Waals surface area contributed by atoms with Gasteiger partial charge in [-0.05, 0) is 19.1 Å². The van der Waals surface area contributed by atoms with E-state index in [-0.39, 0.29) is 5.11 Å². The van der Waals surface area contributed by atoms with Gasteiger partial charge in [0.15, 0.2) is 10.8 Å². The van der Waals surface area contributed by atoms with Gasteiger partial charge < -0.3 is 20.8 Å². The molecule has 0 spiro atoms. The number of hydrogen-bond acceptors (Lipinski definition) is 3. The molecule has 80 valence electrons. The van der Waals surface area contributed by atoms with Crippen molar-refractivity contribution in [3.8, 4) is 0 Å². The third-order valence-corrected chi connectivity index (χ3v) is 2.75. The van der Waals surface area contributed by atoms with Crippen molar-refractivity contribution < 1.29 is 10.2 Å². The van der Waals surface area contributed by atoms with Crippen molar-refractivity contribution >= 4 is 17.3 Å². The van der Waals surface area contributed by atoms with Crippen LogP contribution in [0.4, 0.5) is 0 Å². The second-order valence-electron chi connectivity index (χ2n) is 3.73. The van der Waals surface area contributed by atoms with Crippen LogP contribution in [0.5, 0.6) is 0 Å². The third-order valence-electron chi connectivity index (χ3n) is 2.55. The van der Waals surface area contributed by atoms with Crippen molar-refractivity contribution in [2.45, 2.75) is 18.4 Å². The first-order valence-electron chi connectivity index (χ1n) is 4.56. The maximum absolute atomic E-state index is 10.3. The van der Waals surface area contributed by atoms with Crippen molar-refractivity contribution in [3.05, 3.63) is 35.9 Å². The largest absolute Gasteiger partial charge is 0.367 e. The molecular weight excluding hydrogens is 212 g/mol. The van der Waals surface area contributed by atoms with Crippen LogP contribution in [0, 0.1) is 0 Å². The molecule has 2 unspecified atom stereocenters. The Morgan fingerprint density at radius 1 is 1.13 bits per heavy atom. The van der Waals surface area contributed by atoms with Gasteiger partial charge in [-0.25, -0.2) is 0 Å². The van der Waals surface area contributed by atoms with E-state index in [9.17, 15) is 10.2 Å². The summed E-state index contributed by atoms with van der Waals surface area (Å²) in [4.78, 5) is 0. The Labute approximate surface area is 92.9 Å². The summed E-state index contributed by atoms with van der Waals surface area (Å²) in [5.41, 5.74) is -2.56. The summed E-state index contributed by atoms with van der Waals surface area (Å²) in [5, 5.41) is 25.9. The molecule has 0 bridgehead atoms. The summed E-state index contributed by atoms with van der Waals surface area (Å²) in [6, 6.07) is 8.84. The van der Waals surface area contributed by atoms with E-state index in [1.54, 1.807) is 24.3 Å². The number of aliphatic hydroxyl groups is 2. The molecule has 2 rings (SSSR count). The lowest BCUT2D eigenvalue weighted by molar-refractivity contribution is -0.148. The molecule has 1 aromatic rings. The van der Waals surface area contributed by atoms with Gasteiger partial charge in [-0.15, -0.1) is 0 Å². The van der Waals surface area contributed by atoms with Gasteiger partial charge in [-0.1, -0.05) is 30.3 Å². The molecule has 0 saturated carbocycles. The van der Waals surface area contributed by atoms with Crippen LogP contribution < -0.4 is 10.6 Å². The van der Waals surface area contributed by atoms with Gasteiger partial charge in [-0.3, -0.25) is 0 Å². The highest BCUT2D eigenvalue weighted by molar-refractivity contribution is 7.80. The zero-order valence-electron chi connectivity index (χ0n) is 8.19. The first-order chi connectivity index (χ1) is 6.96. The molecule has 15 heavy (non-hydrogen) atoms. The van der Waals surface area contributed by atoms with Gasteiger partial charge in [0, 0.05) is 5.56 Å². The maximum atomic E-state index is 10.3. The Hall–Kier alpha value is -1.17. The van der Waals surface area contributed by atoms with E-state index < -0.39 is 11.4 Å². The maximum Gasteiger partial charge on any atom is 0.212 e. The molecular formula is C10H12N2O2S. The van der Waals surface area contributed by atoms with E-state index in [4.69, 9.17) is 12.2 Å². The lowest BCUT2D eigenvalue weighted by atomic mass is 9.94. The van der Waals surface area contributed by atoms with Crippen LogP contribution in [-0.2, 0) is 5.72 Å². The van der Waals surface area contributed by atoms with Crippen molar-refractivity contribution in [2.75, 3.05) is 0 Å². The smallest absolute Gasteiger partial charge is 0.212 e. The predicted molar refractivity (Wildman–Crippen MR) is 59.8 cm³/mol. The molecule has 1 aliphatic rings. The summed E-state index contributed by atoms with van der Waals surface area (Å²) in [6.45, 7) is 1.46. The number of nitrogens with one attached hydrogen (secondary N) is 2. The molecule has 2 atom stereocenters. The van der Waals surface area contributed by atoms with E-state index in [0.29, 0.717) is 5.56 Å². The van der Waals surface area contributed by atoms with Gasteiger partial charge in [0.25, 0.3) is 0 Å². The predicted octanol–water partition coefficient (Wildman–Crippen LogP) is 0.0179. The van der Waals surface area contributed by atoms with Crippen molar-refractivity contribution in [1.82, 2.24) is 10.6 Å². The fraction of sp³-hybridized carbons (Fsp3) is 0.300. The van der Waals surface area contributed by atoms with Gasteiger partial charge in [0.1, 0.15) is 0 Å². The molecule has 1 saturated heterocycles. The Morgan fingerprint density at radius 3 is 2.20 bits per heavy atom. The normalized spacial score (nSPS) is 34.7. The summed E-state index contributed by atoms with van der Waals surface area (Å²) in [6.07, 6.45) is 0. The van der Waals surface area contributed by atoms with Crippen LogP contribution in [-0.4, -0.2) is 21.1 Å². The van der Waals surface area contributed by atoms with Crippen LogP contribution in [0.3, 0.4) is 0 Å². The number of rotatable bonds is 1. The molecule has 0 aromatic heterocycles. The zero-order valence-corrected chi connectivity index (χ0v) is 9.01. The molecule has 4 nitrogen and oxygen atoms in total. The highest BCUT2D eigenvalue weighted by atomic mass is 32.1. The van der Waals surface area contributed by atoms with Gasteiger partial charge >= 0.3 is 0 Å². The minimum atomic E-state index is -1.59. The minimum Gasteiger partial charge on any atom is -0.367 e. The van der Waals surface area contributed by atoms with Gasteiger partial charge in [0.2, 0.25) is 5.72 Å². The van der Waals surface area contributed by atoms with E-state index in [1.165, 1.54) is 6.92 Å². The zero-order chi connectivity index (χ0) is 11.1. The molecule has 1 fully saturated rings. The van der Waals surface area contributed by atoms with Crippen molar-refractivity contribution in [2.24, 2.45) is 0 Å². The molecule has 4 N–H and O–H groups in total. The average Bonchev–Trinajstić information content (AvgIpc) is 2.38. The first kappa shape index (κ1) is 10.4. The molecule has 1 heterocycles. The second-order valence-corrected chi connectivity index (χ2v) is 4.14. The molecule has 0 amide bonds. The Bertz CT molecular complexity index is 394. The Balaban J connectivity index is 2.47. The Kier molecular flexibility index (Phi) is 2.18. The fourth-order valence-corrected chi connectivity index (χ4v) is 2.01. The van der Waals surface area contributed by atoms with Crippen LogP contribution in [0.25, 0.3) is 0 Å². The van der Waals surface area contributed by atoms with Crippen LogP contribution in [0.2, 0.25) is 0 Å². The molecule has 0 aliphatic carbocycles. The van der Waals surface area contributed by atoms with Crippen molar-refractivity contribution in [1.29, 1.82) is 0 Å². The number of hydrogen-bond donors (Lipinski definition) is 4. The van der Waals surface area contributed by atoms with E-state index in [1.807, 2.05) is 6.07 Å². The second kappa shape index (κ2) is 3.16. The standard InChI is InChI=1S/C10H12N2O2S/c1-9(13)10(14,12-8(15)11-9)7-5-3-2-4-6-7/h2-6,13-14H,1H3,(H2,11,12,15). The highest BCUT2D eigenvalue weighted by Crippen LogP contribution is 2.31. The lowest BCUT2D eigenvalue weighted by Crippen LogP contribution is -2.55. The van der Waals surface area contributed by atoms with E-state index in [0.717, 1.165) is 0 Å². The van der Waals surface area contributed by atoms with Crippen LogP contribution in [0.1, 0.15) is 12.5 Å². The van der Waals surface area contributed by atoms with Crippen molar-refractivity contribution in [3.63, 3.8) is 0 Å². The summed E-state index contributed by atoms with van der Waals surface area (Å²) >= 11 is 4.87. The average molecular weight is 224 g/mol.